The van der Waals surface area contributed by atoms with Gasteiger partial charge >= 0.3 is 131 Å². The van der Waals surface area contributed by atoms with Gasteiger partial charge in [-0.15, -0.1) is 0 Å². The molecule has 1 aromatic rings. The molecule has 1 amide bonds. The number of rotatable bonds is 25. The zero-order valence-electron chi connectivity index (χ0n) is 38.0. The van der Waals surface area contributed by atoms with Crippen LogP contribution >= 0.6 is 0 Å². The first kappa shape index (κ1) is 76.9. The lowest BCUT2D eigenvalue weighted by Gasteiger charge is -2.47. The third-order valence-corrected chi connectivity index (χ3v) is 10.8. The highest BCUT2D eigenvalue weighted by Gasteiger charge is 3.04. The van der Waals surface area contributed by atoms with Crippen LogP contribution in [0.25, 0.3) is 0 Å². The van der Waals surface area contributed by atoms with E-state index in [4.69, 9.17) is 0 Å². The maximum atomic E-state index is 15.8. The van der Waals surface area contributed by atoms with Gasteiger partial charge in [0.05, 0.1) is 16.9 Å². The summed E-state index contributed by atoms with van der Waals surface area (Å²) in [4.78, 5) is 50.0. The van der Waals surface area contributed by atoms with Gasteiger partial charge in [0.15, 0.2) is 6.73 Å². The second-order valence-electron chi connectivity index (χ2n) is 16.0. The molecule has 0 aliphatic heterocycles. The summed E-state index contributed by atoms with van der Waals surface area (Å²) >= 11 is 0. The van der Waals surface area contributed by atoms with Crippen LogP contribution in [-0.4, -0.2) is 149 Å². The average molecular weight is 1360 g/mol. The number of halogens is 43. The first-order valence-electron chi connectivity index (χ1n) is 19.0. The molecule has 0 heterocycles. The smallest absolute Gasteiger partial charge is 0.445 e. The number of carbonyl (C=O) groups is 2. The van der Waals surface area contributed by atoms with Crippen LogP contribution in [0.1, 0.15) is 28.4 Å². The van der Waals surface area contributed by atoms with Gasteiger partial charge in [-0.25, -0.2) is 9.59 Å². The topological polar surface area (TPSA) is 114 Å². The Labute approximate surface area is 432 Å². The van der Waals surface area contributed by atoms with Crippen LogP contribution < -0.4 is 5.32 Å². The SMILES string of the molecule is CC(=O)OCNC(=O)c1c(N=C=O)cc(N=C=O)c(C)c1C(F)(F)C(F)(F)C(F)(F)C(F)(F)C(F)(F)C(F)(F)C(F)(F)C(F)(F)C(F)(F)C(F)(F)C(F)(F)C(F)(F)C(F)(F)C(F)(F)C(F)(F)C(F)(F)C(F)(F)C(F)(F)C(F)(F)C(F)(F)C(F)(F)F. The maximum absolute atomic E-state index is 15.8. The molecule has 1 aromatic carbocycles. The molecule has 0 saturated carbocycles. The number of isocyanates is 2. The molecule has 85 heavy (non-hydrogen) atoms. The summed E-state index contributed by atoms with van der Waals surface area (Å²) < 4.78 is 615. The number of aliphatic imine (C=N–C) groups is 2. The Hall–Kier alpha value is -6.09. The fourth-order valence-corrected chi connectivity index (χ4v) is 5.85. The van der Waals surface area contributed by atoms with E-state index in [1.807, 2.05) is 0 Å². The fraction of sp³-hybridized carbons (Fsp3) is 0.706. The molecule has 0 aliphatic carbocycles. The molecule has 0 aromatic heterocycles. The van der Waals surface area contributed by atoms with Gasteiger partial charge in [0.25, 0.3) is 5.91 Å². The van der Waals surface area contributed by atoms with Crippen LogP contribution in [-0.2, 0) is 25.0 Å². The summed E-state index contributed by atoms with van der Waals surface area (Å²) in [5, 5.41) is 0.989. The normalized spacial score (nSPS) is 15.7. The third kappa shape index (κ3) is 9.63. The van der Waals surface area contributed by atoms with Crippen molar-refractivity contribution in [2.75, 3.05) is 6.73 Å². The minimum Gasteiger partial charge on any atom is -0.445 e. The summed E-state index contributed by atoms with van der Waals surface area (Å²) in [5.41, 5.74) is -12.9. The monoisotopic (exact) mass is 1360 g/mol. The molecule has 0 atom stereocenters. The number of hydrogen-bond donors (Lipinski definition) is 1. The van der Waals surface area contributed by atoms with E-state index < -0.39 is 171 Å². The van der Waals surface area contributed by atoms with Crippen molar-refractivity contribution in [2.45, 2.75) is 138 Å². The Balaban J connectivity index is 4.38. The molecule has 8 nitrogen and oxygen atoms in total. The van der Waals surface area contributed by atoms with Crippen LogP contribution in [0.2, 0.25) is 0 Å². The van der Waals surface area contributed by atoms with E-state index in [0.717, 1.165) is 5.32 Å². The number of carbonyl (C=O) groups excluding carboxylic acids is 4. The Bertz CT molecular complexity index is 2820. The van der Waals surface area contributed by atoms with Gasteiger partial charge in [0.1, 0.15) is 0 Å². The number of alkyl halides is 43. The highest BCUT2D eigenvalue weighted by atomic mass is 19.4. The molecule has 0 aliphatic rings. The summed E-state index contributed by atoms with van der Waals surface area (Å²) in [7, 11) is 0. The Morgan fingerprint density at radius 3 is 0.800 bits per heavy atom. The summed E-state index contributed by atoms with van der Waals surface area (Å²) in [6.45, 7) is -1.76. The van der Waals surface area contributed by atoms with Crippen molar-refractivity contribution in [1.82, 2.24) is 5.32 Å². The fourth-order valence-electron chi connectivity index (χ4n) is 5.85. The maximum Gasteiger partial charge on any atom is 0.460 e. The summed E-state index contributed by atoms with van der Waals surface area (Å²) in [6.07, 6.45) is -8.13. The second kappa shape index (κ2) is 20.8. The number of benzene rings is 1. The van der Waals surface area contributed by atoms with Gasteiger partial charge in [-0.2, -0.15) is 199 Å². The predicted octanol–water partition coefficient (Wildman–Crippen LogP) is 14.9. The Morgan fingerprint density at radius 2 is 0.588 bits per heavy atom. The first-order chi connectivity index (χ1) is 36.6. The number of amides is 1. The lowest BCUT2D eigenvalue weighted by Crippen LogP contribution is -2.80. The van der Waals surface area contributed by atoms with E-state index in [-0.39, 0.29) is 25.1 Å². The minimum absolute atomic E-state index is 0.208. The van der Waals surface area contributed by atoms with Crippen molar-refractivity contribution in [3.63, 3.8) is 0 Å². The molecule has 1 N–H and O–H groups in total. The summed E-state index contributed by atoms with van der Waals surface area (Å²) in [5.74, 6) is -209. The van der Waals surface area contributed by atoms with Crippen molar-refractivity contribution in [3.8, 4) is 0 Å². The van der Waals surface area contributed by atoms with Gasteiger partial charge in [-0.3, -0.25) is 9.59 Å². The molecule has 0 fully saturated rings. The lowest BCUT2D eigenvalue weighted by molar-refractivity contribution is -0.496. The zero-order chi connectivity index (χ0) is 69.2. The van der Waals surface area contributed by atoms with Crippen molar-refractivity contribution in [2.24, 2.45) is 9.98 Å². The molecule has 0 spiro atoms. The largest absolute Gasteiger partial charge is 0.460 e. The van der Waals surface area contributed by atoms with Crippen molar-refractivity contribution in [3.05, 3.63) is 22.8 Å². The molecule has 492 valence electrons. The molecular formula is C34H10F43N3O5. The van der Waals surface area contributed by atoms with Gasteiger partial charge < -0.3 is 10.1 Å². The molecule has 0 saturated heterocycles. The van der Waals surface area contributed by atoms with Crippen LogP contribution in [0.4, 0.5) is 200 Å². The van der Waals surface area contributed by atoms with Gasteiger partial charge in [-0.05, 0) is 18.6 Å². The first-order valence-corrected chi connectivity index (χ1v) is 19.0. The number of ether oxygens (including phenoxy) is 1. The van der Waals surface area contributed by atoms with E-state index in [1.165, 1.54) is 0 Å². The van der Waals surface area contributed by atoms with Crippen LogP contribution in [0.3, 0.4) is 0 Å². The highest BCUT2D eigenvalue weighted by molar-refractivity contribution is 6.02. The van der Waals surface area contributed by atoms with Crippen LogP contribution in [0.5, 0.6) is 0 Å². The van der Waals surface area contributed by atoms with E-state index in [2.05, 4.69) is 14.7 Å². The molecule has 0 bridgehead atoms. The van der Waals surface area contributed by atoms with Gasteiger partial charge in [0, 0.05) is 12.5 Å². The zero-order valence-corrected chi connectivity index (χ0v) is 38.0. The lowest BCUT2D eigenvalue weighted by atomic mass is 9.81. The number of esters is 1. The predicted molar refractivity (Wildman–Crippen MR) is 175 cm³/mol. The van der Waals surface area contributed by atoms with E-state index in [0.29, 0.717) is 6.92 Å². The van der Waals surface area contributed by atoms with E-state index in [9.17, 15) is 182 Å². The second-order valence-corrected chi connectivity index (χ2v) is 16.0. The summed E-state index contributed by atoms with van der Waals surface area (Å²) in [6, 6.07) is -0.291. The van der Waals surface area contributed by atoms with E-state index >= 15 is 26.3 Å². The Morgan fingerprint density at radius 1 is 0.376 bits per heavy atom. The minimum atomic E-state index is -10.8. The molecule has 0 unspecified atom stereocenters. The molecular weight excluding hydrogens is 1350 g/mol. The van der Waals surface area contributed by atoms with Gasteiger partial charge in [-0.1, -0.05) is 0 Å². The van der Waals surface area contributed by atoms with E-state index in [1.54, 1.807) is 0 Å². The number of nitrogens with zero attached hydrogens (tertiary/aromatic N) is 2. The van der Waals surface area contributed by atoms with Crippen LogP contribution in [0.15, 0.2) is 16.1 Å². The van der Waals surface area contributed by atoms with Crippen molar-refractivity contribution < 1.29 is 213 Å². The standard InChI is InChI=1S/C34H10F43N3O5/c1-7-9(78-4-81)3-10(79-5-82)11(13(84)80-6-85-8(2)83)12(7)14(35,36)15(37,38)16(39,40)17(41,42)18(43,44)19(45,46)20(47,48)21(49,50)22(51,52)23(53,54)24(55,56)25(57,58)26(59,60)27(61,62)28(63,64)29(65,66)30(67,68)31(69,70)32(71,72)33(73,74)34(75,76)77/h3H,6H2,1-2H3,(H,80,84). The molecule has 51 heteroatoms. The molecule has 0 radical (unpaired) electrons. The van der Waals surface area contributed by atoms with Gasteiger partial charge in [0.2, 0.25) is 12.2 Å². The highest BCUT2D eigenvalue weighted by Crippen LogP contribution is 2.72. The number of hydrogen-bond acceptors (Lipinski definition) is 7. The average Bonchev–Trinajstić information content (AvgIpc) is 1.92. The quantitative estimate of drug-likeness (QED) is 0.0344. The third-order valence-electron chi connectivity index (χ3n) is 10.8. The van der Waals surface area contributed by atoms with Crippen LogP contribution in [0, 0.1) is 6.92 Å². The van der Waals surface area contributed by atoms with Crippen molar-refractivity contribution >= 4 is 35.4 Å². The molecule has 1 rings (SSSR count). The van der Waals surface area contributed by atoms with Crippen molar-refractivity contribution in [1.29, 1.82) is 0 Å². The number of nitrogens with one attached hydrogen (secondary N) is 1. The Kier molecular flexibility index (Phi) is 18.8.